The van der Waals surface area contributed by atoms with Crippen LogP contribution in [0.5, 0.6) is 5.75 Å². The Kier molecular flexibility index (Phi) is 4.20. The Morgan fingerprint density at radius 3 is 2.78 bits per heavy atom. The van der Waals surface area contributed by atoms with Crippen LogP contribution < -0.4 is 4.74 Å². The maximum atomic E-state index is 12.3. The lowest BCUT2D eigenvalue weighted by molar-refractivity contribution is 0.0650. The molecule has 0 radical (unpaired) electrons. The molecule has 18 heavy (non-hydrogen) atoms. The Balaban J connectivity index is 2.03. The van der Waals surface area contributed by atoms with E-state index < -0.39 is 0 Å². The van der Waals surface area contributed by atoms with Gasteiger partial charge in [0.15, 0.2) is 0 Å². The van der Waals surface area contributed by atoms with Crippen LogP contribution in [0, 0.1) is 5.92 Å². The van der Waals surface area contributed by atoms with Gasteiger partial charge in [0.05, 0.1) is 7.11 Å². The van der Waals surface area contributed by atoms with Crippen LogP contribution in [-0.2, 0) is 0 Å². The molecule has 98 valence electrons. The van der Waals surface area contributed by atoms with Gasteiger partial charge in [-0.25, -0.2) is 0 Å². The van der Waals surface area contributed by atoms with Crippen molar-refractivity contribution < 1.29 is 14.6 Å². The normalized spacial score (nSPS) is 16.7. The molecule has 1 amide bonds. The summed E-state index contributed by atoms with van der Waals surface area (Å²) in [5, 5.41) is 9.08. The van der Waals surface area contributed by atoms with Crippen LogP contribution in [0.4, 0.5) is 0 Å². The molecule has 0 saturated carbocycles. The molecule has 2 rings (SSSR count). The number of carbonyl (C=O) groups excluding carboxylic acids is 1. The Hall–Kier alpha value is -1.55. The van der Waals surface area contributed by atoms with Crippen LogP contribution >= 0.6 is 0 Å². The molecule has 1 N–H and O–H groups in total. The number of aliphatic hydroxyl groups is 1. The number of piperidine rings is 1. The molecule has 1 aromatic carbocycles. The minimum Gasteiger partial charge on any atom is -0.497 e. The smallest absolute Gasteiger partial charge is 0.253 e. The van der Waals surface area contributed by atoms with Crippen LogP contribution in [0.25, 0.3) is 0 Å². The maximum absolute atomic E-state index is 12.3. The van der Waals surface area contributed by atoms with Crippen molar-refractivity contribution in [3.63, 3.8) is 0 Å². The summed E-state index contributed by atoms with van der Waals surface area (Å²) in [6.07, 6.45) is 1.76. The zero-order valence-electron chi connectivity index (χ0n) is 10.6. The van der Waals surface area contributed by atoms with Crippen LogP contribution in [0.15, 0.2) is 24.3 Å². The molecule has 0 bridgehead atoms. The van der Waals surface area contributed by atoms with Crippen LogP contribution in [0.1, 0.15) is 23.2 Å². The maximum Gasteiger partial charge on any atom is 0.253 e. The fraction of sp³-hybridized carbons (Fsp3) is 0.500. The number of carbonyl (C=O) groups is 1. The predicted octanol–water partition coefficient (Wildman–Crippen LogP) is 1.54. The van der Waals surface area contributed by atoms with E-state index in [1.807, 2.05) is 23.1 Å². The molecule has 1 aliphatic heterocycles. The zero-order chi connectivity index (χ0) is 13.0. The Morgan fingerprint density at radius 1 is 1.44 bits per heavy atom. The highest BCUT2D eigenvalue weighted by molar-refractivity contribution is 5.94. The van der Waals surface area contributed by atoms with Gasteiger partial charge in [-0.05, 0) is 37.0 Å². The summed E-state index contributed by atoms with van der Waals surface area (Å²) in [6, 6.07) is 7.23. The minimum absolute atomic E-state index is 0.0466. The number of nitrogens with zero attached hydrogens (tertiary/aromatic N) is 1. The summed E-state index contributed by atoms with van der Waals surface area (Å²) < 4.78 is 5.12. The summed E-state index contributed by atoms with van der Waals surface area (Å²) in [7, 11) is 1.59. The van der Waals surface area contributed by atoms with E-state index in [1.54, 1.807) is 13.2 Å². The van der Waals surface area contributed by atoms with Crippen LogP contribution in [0.3, 0.4) is 0 Å². The molecule has 1 saturated heterocycles. The van der Waals surface area contributed by atoms with Gasteiger partial charge < -0.3 is 14.7 Å². The molecule has 1 fully saturated rings. The lowest BCUT2D eigenvalue weighted by Crippen LogP contribution is -2.39. The number of methoxy groups -OCH3 is 1. The van der Waals surface area contributed by atoms with Crippen molar-refractivity contribution in [2.45, 2.75) is 12.8 Å². The van der Waals surface area contributed by atoms with Gasteiger partial charge in [0.1, 0.15) is 5.75 Å². The van der Waals surface area contributed by atoms with E-state index in [0.29, 0.717) is 17.2 Å². The van der Waals surface area contributed by atoms with Crippen LogP contribution in [-0.4, -0.2) is 42.7 Å². The summed E-state index contributed by atoms with van der Waals surface area (Å²) in [6.45, 7) is 1.67. The second-order valence-corrected chi connectivity index (χ2v) is 4.65. The molecule has 4 heteroatoms. The van der Waals surface area contributed by atoms with Crippen molar-refractivity contribution in [3.05, 3.63) is 29.8 Å². The number of likely N-dealkylation sites (tertiary alicyclic amines) is 1. The first-order valence-corrected chi connectivity index (χ1v) is 6.28. The van der Waals surface area contributed by atoms with Crippen molar-refractivity contribution in [1.29, 1.82) is 0 Å². The van der Waals surface area contributed by atoms with Crippen molar-refractivity contribution in [2.75, 3.05) is 26.8 Å². The fourth-order valence-electron chi connectivity index (χ4n) is 2.26. The first-order valence-electron chi connectivity index (χ1n) is 6.28. The third-order valence-corrected chi connectivity index (χ3v) is 3.48. The Bertz CT molecular complexity index is 411. The first kappa shape index (κ1) is 12.9. The number of rotatable bonds is 3. The molecule has 0 aliphatic carbocycles. The number of ether oxygens (including phenoxy) is 1. The molecule has 0 atom stereocenters. The number of aliphatic hydroxyl groups excluding tert-OH is 1. The minimum atomic E-state index is 0.0466. The standard InChI is InChI=1S/C14H19NO3/c1-18-13-4-2-3-12(9-13)14(17)15-7-5-11(10-16)6-8-15/h2-4,9,11,16H,5-8,10H2,1H3. The number of hydrogen-bond donors (Lipinski definition) is 1. The molecule has 4 nitrogen and oxygen atoms in total. The number of hydrogen-bond acceptors (Lipinski definition) is 3. The van der Waals surface area contributed by atoms with E-state index in [4.69, 9.17) is 9.84 Å². The van der Waals surface area contributed by atoms with Gasteiger partial charge in [-0.15, -0.1) is 0 Å². The summed E-state index contributed by atoms with van der Waals surface area (Å²) >= 11 is 0. The third-order valence-electron chi connectivity index (χ3n) is 3.48. The highest BCUT2D eigenvalue weighted by Gasteiger charge is 2.23. The SMILES string of the molecule is COc1cccc(C(=O)N2CCC(CO)CC2)c1. The van der Waals surface area contributed by atoms with E-state index >= 15 is 0 Å². The van der Waals surface area contributed by atoms with E-state index in [0.717, 1.165) is 25.9 Å². The highest BCUT2D eigenvalue weighted by atomic mass is 16.5. The Labute approximate surface area is 107 Å². The van der Waals surface area contributed by atoms with Crippen molar-refractivity contribution >= 4 is 5.91 Å². The summed E-state index contributed by atoms with van der Waals surface area (Å²) in [5.74, 6) is 1.09. The molecule has 0 unspecified atom stereocenters. The molecule has 1 aromatic rings. The first-order chi connectivity index (χ1) is 8.74. The fourth-order valence-corrected chi connectivity index (χ4v) is 2.26. The summed E-state index contributed by atoms with van der Waals surface area (Å²) in [4.78, 5) is 14.1. The predicted molar refractivity (Wildman–Crippen MR) is 68.7 cm³/mol. The van der Waals surface area contributed by atoms with Crippen molar-refractivity contribution in [1.82, 2.24) is 4.90 Å². The van der Waals surface area contributed by atoms with E-state index in [9.17, 15) is 4.79 Å². The van der Waals surface area contributed by atoms with Gasteiger partial charge in [0, 0.05) is 25.3 Å². The number of benzene rings is 1. The second kappa shape index (κ2) is 5.87. The van der Waals surface area contributed by atoms with E-state index in [1.165, 1.54) is 0 Å². The average Bonchev–Trinajstić information content (AvgIpc) is 2.46. The van der Waals surface area contributed by atoms with Crippen molar-refractivity contribution in [3.8, 4) is 5.75 Å². The van der Waals surface area contributed by atoms with E-state index in [2.05, 4.69) is 0 Å². The van der Waals surface area contributed by atoms with Gasteiger partial charge in [0.25, 0.3) is 5.91 Å². The lowest BCUT2D eigenvalue weighted by Gasteiger charge is -2.31. The van der Waals surface area contributed by atoms with Gasteiger partial charge in [-0.1, -0.05) is 6.07 Å². The zero-order valence-corrected chi connectivity index (χ0v) is 10.6. The van der Waals surface area contributed by atoms with Gasteiger partial charge in [-0.2, -0.15) is 0 Å². The topological polar surface area (TPSA) is 49.8 Å². The third kappa shape index (κ3) is 2.82. The van der Waals surface area contributed by atoms with E-state index in [-0.39, 0.29) is 12.5 Å². The Morgan fingerprint density at radius 2 is 2.17 bits per heavy atom. The molecule has 1 aliphatic rings. The van der Waals surface area contributed by atoms with Gasteiger partial charge in [-0.3, -0.25) is 4.79 Å². The molecular weight excluding hydrogens is 230 g/mol. The average molecular weight is 249 g/mol. The summed E-state index contributed by atoms with van der Waals surface area (Å²) in [5.41, 5.74) is 0.664. The van der Waals surface area contributed by atoms with Crippen LogP contribution in [0.2, 0.25) is 0 Å². The highest BCUT2D eigenvalue weighted by Crippen LogP contribution is 2.20. The monoisotopic (exact) mass is 249 g/mol. The number of amides is 1. The van der Waals surface area contributed by atoms with Gasteiger partial charge in [0.2, 0.25) is 0 Å². The second-order valence-electron chi connectivity index (χ2n) is 4.65. The van der Waals surface area contributed by atoms with Gasteiger partial charge >= 0.3 is 0 Å². The quantitative estimate of drug-likeness (QED) is 0.884. The lowest BCUT2D eigenvalue weighted by atomic mass is 9.97. The molecule has 0 spiro atoms. The molecule has 0 aromatic heterocycles. The van der Waals surface area contributed by atoms with Crippen molar-refractivity contribution in [2.24, 2.45) is 5.92 Å². The largest absolute Gasteiger partial charge is 0.497 e. The molecular formula is C14H19NO3. The molecule has 1 heterocycles.